The molecule has 0 aliphatic rings. The molecule has 0 fully saturated rings. The largest absolute Gasteiger partial charge is 0.348 e. The lowest BCUT2D eigenvalue weighted by atomic mass is 10.1. The van der Waals surface area contributed by atoms with Crippen molar-refractivity contribution in [2.24, 2.45) is 0 Å². The molecule has 3 aromatic rings. The molecule has 0 unspecified atom stereocenters. The molecule has 2 aromatic carbocycles. The molecule has 0 aliphatic carbocycles. The average molecular weight is 331 g/mol. The first-order valence-electron chi connectivity index (χ1n) is 8.28. The van der Waals surface area contributed by atoms with Crippen LogP contribution in [0.1, 0.15) is 22.3 Å². The van der Waals surface area contributed by atoms with Crippen molar-refractivity contribution in [3.8, 4) is 0 Å². The highest BCUT2D eigenvalue weighted by molar-refractivity contribution is 5.91. The third kappa shape index (κ3) is 4.67. The minimum absolute atomic E-state index is 0.0999. The van der Waals surface area contributed by atoms with E-state index in [2.05, 4.69) is 16.5 Å². The molecule has 1 N–H and O–H groups in total. The van der Waals surface area contributed by atoms with E-state index in [1.807, 2.05) is 72.4 Å². The first kappa shape index (κ1) is 16.7. The van der Waals surface area contributed by atoms with Crippen LogP contribution in [0.25, 0.3) is 6.08 Å². The number of nitrogens with one attached hydrogen (secondary N) is 1. The molecule has 0 spiro atoms. The Labute approximate surface area is 147 Å². The van der Waals surface area contributed by atoms with Gasteiger partial charge in [0.15, 0.2) is 0 Å². The fourth-order valence-electron chi connectivity index (χ4n) is 2.63. The maximum atomic E-state index is 12.1. The van der Waals surface area contributed by atoms with Gasteiger partial charge >= 0.3 is 0 Å². The van der Waals surface area contributed by atoms with E-state index in [4.69, 9.17) is 0 Å². The Balaban J connectivity index is 1.62. The van der Waals surface area contributed by atoms with Crippen molar-refractivity contribution < 1.29 is 4.79 Å². The molecule has 4 nitrogen and oxygen atoms in total. The normalized spacial score (nSPS) is 10.9. The molecule has 0 saturated heterocycles. The van der Waals surface area contributed by atoms with E-state index in [-0.39, 0.29) is 5.91 Å². The summed E-state index contributed by atoms with van der Waals surface area (Å²) in [5.74, 6) is -0.0999. The predicted octanol–water partition coefficient (Wildman–Crippen LogP) is 3.57. The molecule has 0 bridgehead atoms. The van der Waals surface area contributed by atoms with Gasteiger partial charge in [-0.05, 0) is 41.3 Å². The summed E-state index contributed by atoms with van der Waals surface area (Å²) in [6.07, 6.45) is 7.12. The number of amides is 1. The smallest absolute Gasteiger partial charge is 0.244 e. The van der Waals surface area contributed by atoms with Gasteiger partial charge in [-0.25, -0.2) is 0 Å². The minimum atomic E-state index is -0.0999. The summed E-state index contributed by atoms with van der Waals surface area (Å²) in [6, 6.07) is 18.0. The van der Waals surface area contributed by atoms with Crippen molar-refractivity contribution in [3.63, 3.8) is 0 Å². The molecule has 25 heavy (non-hydrogen) atoms. The molecule has 1 aromatic heterocycles. The van der Waals surface area contributed by atoms with Crippen molar-refractivity contribution in [2.75, 3.05) is 0 Å². The summed E-state index contributed by atoms with van der Waals surface area (Å²) in [4.78, 5) is 12.1. The second-order valence-corrected chi connectivity index (χ2v) is 5.88. The van der Waals surface area contributed by atoms with Gasteiger partial charge in [0.2, 0.25) is 5.91 Å². The van der Waals surface area contributed by atoms with Crippen molar-refractivity contribution in [1.82, 2.24) is 15.1 Å². The zero-order valence-electron chi connectivity index (χ0n) is 14.2. The van der Waals surface area contributed by atoms with Crippen LogP contribution in [-0.4, -0.2) is 15.7 Å². The van der Waals surface area contributed by atoms with E-state index in [0.29, 0.717) is 13.1 Å². The van der Waals surface area contributed by atoms with E-state index >= 15 is 0 Å². The third-order valence-electron chi connectivity index (χ3n) is 4.07. The van der Waals surface area contributed by atoms with Crippen LogP contribution in [0, 0.1) is 6.92 Å². The van der Waals surface area contributed by atoms with Crippen LogP contribution in [0.4, 0.5) is 0 Å². The van der Waals surface area contributed by atoms with E-state index in [1.54, 1.807) is 12.3 Å². The number of hydrogen-bond acceptors (Lipinski definition) is 2. The maximum Gasteiger partial charge on any atom is 0.244 e. The van der Waals surface area contributed by atoms with Crippen LogP contribution in [-0.2, 0) is 17.9 Å². The van der Waals surface area contributed by atoms with E-state index in [0.717, 1.165) is 22.3 Å². The highest BCUT2D eigenvalue weighted by atomic mass is 16.1. The third-order valence-corrected chi connectivity index (χ3v) is 4.07. The standard InChI is InChI=1S/C21H21N3O/c1-17-7-2-3-8-18(17)11-12-21(25)22-15-19-9-4-5-10-20(19)16-24-14-6-13-23-24/h2-14H,15-16H2,1H3,(H,22,25)/b12-11+. The first-order chi connectivity index (χ1) is 12.2. The minimum Gasteiger partial charge on any atom is -0.348 e. The van der Waals surface area contributed by atoms with Crippen LogP contribution in [0.5, 0.6) is 0 Å². The van der Waals surface area contributed by atoms with E-state index in [1.165, 1.54) is 0 Å². The van der Waals surface area contributed by atoms with Gasteiger partial charge in [0.25, 0.3) is 0 Å². The van der Waals surface area contributed by atoms with Gasteiger partial charge in [0.05, 0.1) is 6.54 Å². The highest BCUT2D eigenvalue weighted by Crippen LogP contribution is 2.11. The van der Waals surface area contributed by atoms with Crippen LogP contribution in [0.2, 0.25) is 0 Å². The molecular weight excluding hydrogens is 310 g/mol. The fourth-order valence-corrected chi connectivity index (χ4v) is 2.63. The van der Waals surface area contributed by atoms with Gasteiger partial charge in [-0.3, -0.25) is 9.48 Å². The molecule has 126 valence electrons. The number of aromatic nitrogens is 2. The number of nitrogens with zero attached hydrogens (tertiary/aromatic N) is 2. The van der Waals surface area contributed by atoms with Gasteiger partial charge < -0.3 is 5.32 Å². The van der Waals surface area contributed by atoms with Gasteiger partial charge in [0, 0.05) is 25.0 Å². The number of carbonyl (C=O) groups excluding carboxylic acids is 1. The van der Waals surface area contributed by atoms with Crippen LogP contribution in [0.15, 0.2) is 73.1 Å². The number of benzene rings is 2. The summed E-state index contributed by atoms with van der Waals surface area (Å²) < 4.78 is 1.87. The number of aryl methyl sites for hydroxylation is 1. The van der Waals surface area contributed by atoms with Crippen LogP contribution < -0.4 is 5.32 Å². The molecule has 0 aliphatic heterocycles. The molecule has 0 atom stereocenters. The van der Waals surface area contributed by atoms with E-state index < -0.39 is 0 Å². The quantitative estimate of drug-likeness (QED) is 0.702. The maximum absolute atomic E-state index is 12.1. The Morgan fingerprint density at radius 2 is 1.84 bits per heavy atom. The molecule has 0 radical (unpaired) electrons. The number of hydrogen-bond donors (Lipinski definition) is 1. The zero-order valence-corrected chi connectivity index (χ0v) is 14.2. The van der Waals surface area contributed by atoms with Crippen LogP contribution in [0.3, 0.4) is 0 Å². The summed E-state index contributed by atoms with van der Waals surface area (Å²) in [6.45, 7) is 3.22. The monoisotopic (exact) mass is 331 g/mol. The van der Waals surface area contributed by atoms with Gasteiger partial charge in [-0.15, -0.1) is 0 Å². The van der Waals surface area contributed by atoms with Crippen molar-refractivity contribution in [1.29, 1.82) is 0 Å². The fraction of sp³-hybridized carbons (Fsp3) is 0.143. The molecule has 3 rings (SSSR count). The number of carbonyl (C=O) groups is 1. The van der Waals surface area contributed by atoms with Crippen LogP contribution >= 0.6 is 0 Å². The Morgan fingerprint density at radius 1 is 1.08 bits per heavy atom. The molecule has 0 saturated carbocycles. The second-order valence-electron chi connectivity index (χ2n) is 5.88. The Bertz CT molecular complexity index is 866. The van der Waals surface area contributed by atoms with Crippen molar-refractivity contribution in [2.45, 2.75) is 20.0 Å². The molecule has 1 amide bonds. The first-order valence-corrected chi connectivity index (χ1v) is 8.28. The van der Waals surface area contributed by atoms with E-state index in [9.17, 15) is 4.79 Å². The predicted molar refractivity (Wildman–Crippen MR) is 99.8 cm³/mol. The summed E-state index contributed by atoms with van der Waals surface area (Å²) in [7, 11) is 0. The zero-order chi connectivity index (χ0) is 17.5. The molecule has 4 heteroatoms. The molecular formula is C21H21N3O. The Morgan fingerprint density at radius 3 is 2.60 bits per heavy atom. The topological polar surface area (TPSA) is 46.9 Å². The summed E-state index contributed by atoms with van der Waals surface area (Å²) in [5.41, 5.74) is 4.44. The number of rotatable bonds is 6. The van der Waals surface area contributed by atoms with Gasteiger partial charge in [-0.1, -0.05) is 48.5 Å². The lowest BCUT2D eigenvalue weighted by molar-refractivity contribution is -0.116. The molecule has 1 heterocycles. The second kappa shape index (κ2) is 8.11. The Kier molecular flexibility index (Phi) is 5.42. The van der Waals surface area contributed by atoms with Gasteiger partial charge in [-0.2, -0.15) is 5.10 Å². The summed E-state index contributed by atoms with van der Waals surface area (Å²) >= 11 is 0. The van der Waals surface area contributed by atoms with Crippen molar-refractivity contribution in [3.05, 3.63) is 95.3 Å². The summed E-state index contributed by atoms with van der Waals surface area (Å²) in [5, 5.41) is 7.19. The lowest BCUT2D eigenvalue weighted by Crippen LogP contribution is -2.21. The highest BCUT2D eigenvalue weighted by Gasteiger charge is 2.04. The average Bonchev–Trinajstić information content (AvgIpc) is 3.13. The SMILES string of the molecule is Cc1ccccc1/C=C/C(=O)NCc1ccccc1Cn1cccn1. The van der Waals surface area contributed by atoms with Gasteiger partial charge in [0.1, 0.15) is 0 Å². The lowest BCUT2D eigenvalue weighted by Gasteiger charge is -2.10. The Hall–Kier alpha value is -3.14. The van der Waals surface area contributed by atoms with Crippen molar-refractivity contribution >= 4 is 12.0 Å².